The molecule has 2 saturated heterocycles. The van der Waals surface area contributed by atoms with Gasteiger partial charge in [0.2, 0.25) is 0 Å². The molecule has 0 aromatic heterocycles. The van der Waals surface area contributed by atoms with Crippen molar-refractivity contribution in [2.75, 3.05) is 55.6 Å². The third-order valence-corrected chi connectivity index (χ3v) is 7.09. The second kappa shape index (κ2) is 9.40. The number of carbonyl (C=O) groups is 2. The van der Waals surface area contributed by atoms with E-state index in [-0.39, 0.29) is 11.8 Å². The first kappa shape index (κ1) is 21.7. The molecule has 0 bridgehead atoms. The lowest BCUT2D eigenvalue weighted by molar-refractivity contribution is -0.120. The van der Waals surface area contributed by atoms with Crippen LogP contribution in [0.15, 0.2) is 60.3 Å². The molecule has 6 heteroatoms. The van der Waals surface area contributed by atoms with E-state index in [9.17, 15) is 9.59 Å². The molecule has 0 spiro atoms. The fourth-order valence-corrected chi connectivity index (χ4v) is 5.16. The minimum Gasteiger partial charge on any atom is -0.372 e. The average molecular weight is 445 g/mol. The largest absolute Gasteiger partial charge is 0.372 e. The summed E-state index contributed by atoms with van der Waals surface area (Å²) >= 11 is 0. The molecule has 172 valence electrons. The topological polar surface area (TPSA) is 47.1 Å². The predicted molar refractivity (Wildman–Crippen MR) is 132 cm³/mol. The molecule has 3 aliphatic heterocycles. The molecule has 2 aromatic rings. The predicted octanol–water partition coefficient (Wildman–Crippen LogP) is 3.60. The van der Waals surface area contributed by atoms with Crippen LogP contribution < -0.4 is 9.80 Å². The van der Waals surface area contributed by atoms with E-state index in [4.69, 9.17) is 0 Å². The molecular formula is C27H32N4O2. The quantitative estimate of drug-likeness (QED) is 0.660. The highest BCUT2D eigenvalue weighted by Gasteiger charge is 2.43. The third-order valence-electron chi connectivity index (χ3n) is 7.09. The van der Waals surface area contributed by atoms with Crippen LogP contribution in [0.5, 0.6) is 0 Å². The maximum atomic E-state index is 13.7. The van der Waals surface area contributed by atoms with Crippen molar-refractivity contribution >= 4 is 28.8 Å². The Morgan fingerprint density at radius 1 is 0.667 bits per heavy atom. The number of piperazine rings is 1. The molecule has 3 heterocycles. The summed E-state index contributed by atoms with van der Waals surface area (Å²) in [5.41, 5.74) is 3.66. The zero-order valence-electron chi connectivity index (χ0n) is 19.4. The van der Waals surface area contributed by atoms with Gasteiger partial charge in [0.15, 0.2) is 0 Å². The highest BCUT2D eigenvalue weighted by atomic mass is 16.2. The molecule has 2 aromatic carbocycles. The number of carbonyl (C=O) groups excluding carboxylic acids is 2. The molecule has 0 unspecified atom stereocenters. The molecule has 5 rings (SSSR count). The van der Waals surface area contributed by atoms with Crippen molar-refractivity contribution < 1.29 is 9.59 Å². The van der Waals surface area contributed by atoms with Crippen molar-refractivity contribution in [3.05, 3.63) is 65.9 Å². The second-order valence-electron chi connectivity index (χ2n) is 9.02. The van der Waals surface area contributed by atoms with E-state index in [1.807, 2.05) is 54.6 Å². The molecule has 3 aliphatic rings. The van der Waals surface area contributed by atoms with E-state index >= 15 is 0 Å². The molecular weight excluding hydrogens is 412 g/mol. The summed E-state index contributed by atoms with van der Waals surface area (Å²) in [5.74, 6) is -0.445. The molecule has 0 saturated carbocycles. The molecule has 2 amide bonds. The SMILES string of the molecule is CCN1CCN(C2=C(c3ccccc3)C(=O)N(c3ccc(N4CCCCC4)cc3)C2=O)CC1. The van der Waals surface area contributed by atoms with Crippen molar-refractivity contribution in [1.82, 2.24) is 9.80 Å². The molecule has 0 radical (unpaired) electrons. The lowest BCUT2D eigenvalue weighted by Gasteiger charge is -2.36. The van der Waals surface area contributed by atoms with Gasteiger partial charge < -0.3 is 14.7 Å². The minimum absolute atomic E-state index is 0.213. The lowest BCUT2D eigenvalue weighted by Crippen LogP contribution is -2.47. The van der Waals surface area contributed by atoms with Gasteiger partial charge in [0.25, 0.3) is 11.8 Å². The van der Waals surface area contributed by atoms with Gasteiger partial charge in [0, 0.05) is 45.0 Å². The standard InChI is InChI=1S/C27H32N4O2/c1-2-28-17-19-30(20-18-28)25-24(21-9-5-3-6-10-21)26(32)31(27(25)33)23-13-11-22(12-14-23)29-15-7-4-8-16-29/h3,5-6,9-14H,2,4,7-8,15-20H2,1H3. The molecule has 0 N–H and O–H groups in total. The van der Waals surface area contributed by atoms with Crippen molar-refractivity contribution in [2.45, 2.75) is 26.2 Å². The van der Waals surface area contributed by atoms with E-state index in [2.05, 4.69) is 21.6 Å². The Morgan fingerprint density at radius 3 is 1.94 bits per heavy atom. The Kier molecular flexibility index (Phi) is 6.18. The van der Waals surface area contributed by atoms with E-state index in [0.717, 1.165) is 57.1 Å². The van der Waals surface area contributed by atoms with E-state index in [1.165, 1.54) is 24.2 Å². The van der Waals surface area contributed by atoms with Gasteiger partial charge in [-0.2, -0.15) is 0 Å². The van der Waals surface area contributed by atoms with Gasteiger partial charge in [-0.15, -0.1) is 0 Å². The Labute approximate surface area is 196 Å². The van der Waals surface area contributed by atoms with Crippen molar-refractivity contribution in [3.63, 3.8) is 0 Å². The minimum atomic E-state index is -0.232. The molecule has 0 atom stereocenters. The maximum Gasteiger partial charge on any atom is 0.282 e. The van der Waals surface area contributed by atoms with Crippen LogP contribution in [-0.4, -0.2) is 67.4 Å². The summed E-state index contributed by atoms with van der Waals surface area (Å²) in [6, 6.07) is 17.5. The number of piperidine rings is 1. The van der Waals surface area contributed by atoms with Crippen molar-refractivity contribution in [2.24, 2.45) is 0 Å². The number of nitrogens with zero attached hydrogens (tertiary/aromatic N) is 4. The van der Waals surface area contributed by atoms with E-state index in [1.54, 1.807) is 0 Å². The number of rotatable bonds is 5. The number of hydrogen-bond acceptors (Lipinski definition) is 5. The highest BCUT2D eigenvalue weighted by Crippen LogP contribution is 2.36. The first-order valence-electron chi connectivity index (χ1n) is 12.2. The Bertz CT molecular complexity index is 1030. The lowest BCUT2D eigenvalue weighted by atomic mass is 10.0. The van der Waals surface area contributed by atoms with E-state index < -0.39 is 0 Å². The average Bonchev–Trinajstić information content (AvgIpc) is 3.15. The van der Waals surface area contributed by atoms with Gasteiger partial charge in [0.05, 0.1) is 11.3 Å². The second-order valence-corrected chi connectivity index (χ2v) is 9.02. The number of amides is 2. The first-order chi connectivity index (χ1) is 16.2. The van der Waals surface area contributed by atoms with Crippen LogP contribution in [0, 0.1) is 0 Å². The molecule has 33 heavy (non-hydrogen) atoms. The molecule has 2 fully saturated rings. The van der Waals surface area contributed by atoms with Gasteiger partial charge in [0.1, 0.15) is 5.70 Å². The molecule has 6 nitrogen and oxygen atoms in total. The summed E-state index contributed by atoms with van der Waals surface area (Å²) < 4.78 is 0. The fraction of sp³-hybridized carbons (Fsp3) is 0.407. The highest BCUT2D eigenvalue weighted by molar-refractivity contribution is 6.45. The summed E-state index contributed by atoms with van der Waals surface area (Å²) in [7, 11) is 0. The number of anilines is 2. The summed E-state index contributed by atoms with van der Waals surface area (Å²) in [6.45, 7) is 8.58. The van der Waals surface area contributed by atoms with Crippen LogP contribution in [0.2, 0.25) is 0 Å². The number of benzene rings is 2. The van der Waals surface area contributed by atoms with Gasteiger partial charge in [-0.05, 0) is 55.6 Å². The van der Waals surface area contributed by atoms with Gasteiger partial charge in [-0.1, -0.05) is 37.3 Å². The summed E-state index contributed by atoms with van der Waals surface area (Å²) in [5, 5.41) is 0. The smallest absolute Gasteiger partial charge is 0.282 e. The van der Waals surface area contributed by atoms with Crippen LogP contribution in [0.25, 0.3) is 5.57 Å². The van der Waals surface area contributed by atoms with Gasteiger partial charge in [-0.25, -0.2) is 4.90 Å². The zero-order chi connectivity index (χ0) is 22.8. The molecule has 0 aliphatic carbocycles. The Balaban J connectivity index is 1.46. The fourth-order valence-electron chi connectivity index (χ4n) is 5.16. The Hall–Kier alpha value is -3.12. The number of imide groups is 1. The van der Waals surface area contributed by atoms with Gasteiger partial charge in [-0.3, -0.25) is 9.59 Å². The van der Waals surface area contributed by atoms with Crippen LogP contribution >= 0.6 is 0 Å². The summed E-state index contributed by atoms with van der Waals surface area (Å²) in [4.78, 5) is 35.6. The van der Waals surface area contributed by atoms with Crippen LogP contribution in [0.1, 0.15) is 31.7 Å². The maximum absolute atomic E-state index is 13.7. The monoisotopic (exact) mass is 444 g/mol. The number of hydrogen-bond donors (Lipinski definition) is 0. The number of likely N-dealkylation sites (N-methyl/N-ethyl adjacent to an activating group) is 1. The zero-order valence-corrected chi connectivity index (χ0v) is 19.4. The van der Waals surface area contributed by atoms with Crippen LogP contribution in [0.3, 0.4) is 0 Å². The van der Waals surface area contributed by atoms with Crippen LogP contribution in [-0.2, 0) is 9.59 Å². The summed E-state index contributed by atoms with van der Waals surface area (Å²) in [6.07, 6.45) is 3.71. The first-order valence-corrected chi connectivity index (χ1v) is 12.2. The normalized spacial score (nSPS) is 20.2. The van der Waals surface area contributed by atoms with Crippen molar-refractivity contribution in [3.8, 4) is 0 Å². The van der Waals surface area contributed by atoms with Gasteiger partial charge >= 0.3 is 0 Å². The van der Waals surface area contributed by atoms with E-state index in [0.29, 0.717) is 17.0 Å². The Morgan fingerprint density at radius 2 is 1.30 bits per heavy atom. The third kappa shape index (κ3) is 4.15. The van der Waals surface area contributed by atoms with Crippen LogP contribution in [0.4, 0.5) is 11.4 Å². The van der Waals surface area contributed by atoms with Crippen molar-refractivity contribution in [1.29, 1.82) is 0 Å².